The average Bonchev–Trinajstić information content (AvgIpc) is 2.83. The third kappa shape index (κ3) is 3.38. The lowest BCUT2D eigenvalue weighted by atomic mass is 10.1. The van der Waals surface area contributed by atoms with Crippen molar-refractivity contribution in [2.24, 2.45) is 0 Å². The predicted molar refractivity (Wildman–Crippen MR) is 87.5 cm³/mol. The van der Waals surface area contributed by atoms with Crippen LogP contribution in [0.3, 0.4) is 0 Å². The second-order valence-electron chi connectivity index (χ2n) is 5.14. The molecule has 1 aromatic heterocycles. The van der Waals surface area contributed by atoms with E-state index in [0.717, 1.165) is 61.1 Å². The molecule has 0 atom stereocenters. The van der Waals surface area contributed by atoms with Crippen molar-refractivity contribution in [3.8, 4) is 17.0 Å². The number of benzene rings is 1. The number of nitrogens with zero attached hydrogens (tertiary/aromatic N) is 2. The second-order valence-corrected chi connectivity index (χ2v) is 5.14. The van der Waals surface area contributed by atoms with Gasteiger partial charge in [0.2, 0.25) is 0 Å². The number of nitrogen functional groups attached to an aromatic ring is 1. The molecule has 0 aliphatic rings. The van der Waals surface area contributed by atoms with E-state index in [1.165, 1.54) is 0 Å². The van der Waals surface area contributed by atoms with Crippen LogP contribution in [0, 0.1) is 0 Å². The van der Waals surface area contributed by atoms with Gasteiger partial charge in [-0.3, -0.25) is 0 Å². The molecule has 0 saturated heterocycles. The fourth-order valence-electron chi connectivity index (χ4n) is 2.40. The fraction of sp³-hybridized carbons (Fsp3) is 0.471. The maximum Gasteiger partial charge on any atom is 0.131 e. The van der Waals surface area contributed by atoms with Gasteiger partial charge in [0.05, 0.1) is 6.61 Å². The van der Waals surface area contributed by atoms with Crippen molar-refractivity contribution in [3.63, 3.8) is 0 Å². The van der Waals surface area contributed by atoms with Crippen molar-refractivity contribution in [1.29, 1.82) is 0 Å². The van der Waals surface area contributed by atoms with Gasteiger partial charge in [0.15, 0.2) is 0 Å². The van der Waals surface area contributed by atoms with Crippen molar-refractivity contribution in [2.75, 3.05) is 12.3 Å². The Morgan fingerprint density at radius 1 is 1.10 bits per heavy atom. The third-order valence-corrected chi connectivity index (χ3v) is 3.45. The van der Waals surface area contributed by atoms with Gasteiger partial charge in [-0.1, -0.05) is 20.8 Å². The first kappa shape index (κ1) is 15.4. The van der Waals surface area contributed by atoms with E-state index in [0.29, 0.717) is 0 Å². The highest BCUT2D eigenvalue weighted by atomic mass is 16.5. The number of aryl methyl sites for hydroxylation is 1. The van der Waals surface area contributed by atoms with Crippen LogP contribution >= 0.6 is 0 Å². The van der Waals surface area contributed by atoms with Gasteiger partial charge >= 0.3 is 0 Å². The summed E-state index contributed by atoms with van der Waals surface area (Å²) >= 11 is 0. The molecule has 4 nitrogen and oxygen atoms in total. The Labute approximate surface area is 127 Å². The summed E-state index contributed by atoms with van der Waals surface area (Å²) in [7, 11) is 0. The maximum absolute atomic E-state index is 6.29. The smallest absolute Gasteiger partial charge is 0.131 e. The Kier molecular flexibility index (Phi) is 5.26. The first-order chi connectivity index (χ1) is 10.2. The summed E-state index contributed by atoms with van der Waals surface area (Å²) in [5, 5.41) is 0. The highest BCUT2D eigenvalue weighted by Gasteiger charge is 2.14. The lowest BCUT2D eigenvalue weighted by Crippen LogP contribution is -2.06. The summed E-state index contributed by atoms with van der Waals surface area (Å²) in [6.07, 6.45) is 2.95. The summed E-state index contributed by atoms with van der Waals surface area (Å²) in [6.45, 7) is 8.02. The van der Waals surface area contributed by atoms with Gasteiger partial charge in [0.1, 0.15) is 23.1 Å². The summed E-state index contributed by atoms with van der Waals surface area (Å²) in [4.78, 5) is 4.71. The van der Waals surface area contributed by atoms with Crippen LogP contribution in [0.15, 0.2) is 24.3 Å². The molecular formula is C17H25N3O. The van der Waals surface area contributed by atoms with Gasteiger partial charge < -0.3 is 15.0 Å². The molecule has 0 fully saturated rings. The molecule has 114 valence electrons. The molecule has 21 heavy (non-hydrogen) atoms. The molecule has 2 rings (SSSR count). The van der Waals surface area contributed by atoms with Gasteiger partial charge in [-0.05, 0) is 37.1 Å². The van der Waals surface area contributed by atoms with E-state index < -0.39 is 0 Å². The second kappa shape index (κ2) is 7.16. The summed E-state index contributed by atoms with van der Waals surface area (Å²) in [5.41, 5.74) is 8.20. The van der Waals surface area contributed by atoms with E-state index in [4.69, 9.17) is 15.5 Å². The van der Waals surface area contributed by atoms with Gasteiger partial charge in [-0.15, -0.1) is 0 Å². The SMILES string of the molecule is CCCOc1ccc(-c2nc(CC)n(CCC)c2N)cc1. The number of anilines is 1. The Hall–Kier alpha value is -1.97. The molecule has 0 aliphatic carbocycles. The first-order valence-corrected chi connectivity index (χ1v) is 7.79. The van der Waals surface area contributed by atoms with Crippen LogP contribution in [-0.2, 0) is 13.0 Å². The quantitative estimate of drug-likeness (QED) is 0.840. The van der Waals surface area contributed by atoms with E-state index in [1.54, 1.807) is 0 Å². The van der Waals surface area contributed by atoms with E-state index in [2.05, 4.69) is 25.3 Å². The zero-order chi connectivity index (χ0) is 15.2. The lowest BCUT2D eigenvalue weighted by Gasteiger charge is -2.07. The lowest BCUT2D eigenvalue weighted by molar-refractivity contribution is 0.317. The molecule has 2 N–H and O–H groups in total. The third-order valence-electron chi connectivity index (χ3n) is 3.45. The zero-order valence-electron chi connectivity index (χ0n) is 13.2. The number of hydrogen-bond donors (Lipinski definition) is 1. The molecule has 0 amide bonds. The van der Waals surface area contributed by atoms with Crippen LogP contribution in [0.1, 0.15) is 39.4 Å². The summed E-state index contributed by atoms with van der Waals surface area (Å²) in [5.74, 6) is 2.70. The molecule has 1 heterocycles. The molecule has 0 bridgehead atoms. The predicted octanol–water partition coefficient (Wildman–Crippen LogP) is 3.89. The molecule has 4 heteroatoms. The van der Waals surface area contributed by atoms with Gasteiger partial charge in [-0.2, -0.15) is 0 Å². The summed E-state index contributed by atoms with van der Waals surface area (Å²) < 4.78 is 7.73. The van der Waals surface area contributed by atoms with Crippen molar-refractivity contribution >= 4 is 5.82 Å². The molecule has 0 unspecified atom stereocenters. The minimum Gasteiger partial charge on any atom is -0.494 e. The van der Waals surface area contributed by atoms with Crippen LogP contribution in [0.5, 0.6) is 5.75 Å². The molecule has 0 spiro atoms. The average molecular weight is 287 g/mol. The van der Waals surface area contributed by atoms with Crippen LogP contribution in [0.25, 0.3) is 11.3 Å². The molecule has 0 radical (unpaired) electrons. The molecule has 1 aromatic carbocycles. The van der Waals surface area contributed by atoms with Crippen molar-refractivity contribution in [3.05, 3.63) is 30.1 Å². The van der Waals surface area contributed by atoms with Crippen LogP contribution in [-0.4, -0.2) is 16.2 Å². The largest absolute Gasteiger partial charge is 0.494 e. The van der Waals surface area contributed by atoms with Crippen molar-refractivity contribution in [2.45, 2.75) is 46.6 Å². The number of ether oxygens (including phenoxy) is 1. The number of imidazole rings is 1. The Bertz CT molecular complexity index is 572. The van der Waals surface area contributed by atoms with Crippen molar-refractivity contribution < 1.29 is 4.74 Å². The van der Waals surface area contributed by atoms with E-state index >= 15 is 0 Å². The van der Waals surface area contributed by atoms with Crippen LogP contribution in [0.4, 0.5) is 5.82 Å². The highest BCUT2D eigenvalue weighted by Crippen LogP contribution is 2.28. The monoisotopic (exact) mass is 287 g/mol. The summed E-state index contributed by atoms with van der Waals surface area (Å²) in [6, 6.07) is 8.02. The maximum atomic E-state index is 6.29. The molecule has 0 saturated carbocycles. The topological polar surface area (TPSA) is 53.1 Å². The van der Waals surface area contributed by atoms with Gasteiger partial charge in [0, 0.05) is 18.5 Å². The molecular weight excluding hydrogens is 262 g/mol. The fourth-order valence-corrected chi connectivity index (χ4v) is 2.40. The number of rotatable bonds is 7. The molecule has 0 aliphatic heterocycles. The number of hydrogen-bond acceptors (Lipinski definition) is 3. The number of nitrogens with two attached hydrogens (primary N) is 1. The first-order valence-electron chi connectivity index (χ1n) is 7.79. The normalized spacial score (nSPS) is 10.8. The highest BCUT2D eigenvalue weighted by molar-refractivity contribution is 5.71. The standard InChI is InChI=1S/C17H25N3O/c1-4-11-20-15(6-3)19-16(17(20)18)13-7-9-14(10-8-13)21-12-5-2/h7-10H,4-6,11-12,18H2,1-3H3. The van der Waals surface area contributed by atoms with Crippen molar-refractivity contribution in [1.82, 2.24) is 9.55 Å². The van der Waals surface area contributed by atoms with E-state index in [1.807, 2.05) is 24.3 Å². The van der Waals surface area contributed by atoms with Gasteiger partial charge in [0.25, 0.3) is 0 Å². The molecule has 2 aromatic rings. The Morgan fingerprint density at radius 2 is 1.81 bits per heavy atom. The van der Waals surface area contributed by atoms with Crippen LogP contribution < -0.4 is 10.5 Å². The van der Waals surface area contributed by atoms with Crippen LogP contribution in [0.2, 0.25) is 0 Å². The minimum atomic E-state index is 0.743. The van der Waals surface area contributed by atoms with E-state index in [9.17, 15) is 0 Å². The Morgan fingerprint density at radius 3 is 2.38 bits per heavy atom. The number of aromatic nitrogens is 2. The zero-order valence-corrected chi connectivity index (χ0v) is 13.2. The minimum absolute atomic E-state index is 0.743. The Balaban J connectivity index is 2.29. The van der Waals surface area contributed by atoms with E-state index in [-0.39, 0.29) is 0 Å². The van der Waals surface area contributed by atoms with Gasteiger partial charge in [-0.25, -0.2) is 4.98 Å².